The van der Waals surface area contributed by atoms with Crippen LogP contribution in [0.4, 0.5) is 0 Å². The second-order valence-corrected chi connectivity index (χ2v) is 13.5. The van der Waals surface area contributed by atoms with Gasteiger partial charge < -0.3 is 4.57 Å². The van der Waals surface area contributed by atoms with Crippen LogP contribution in [0.3, 0.4) is 0 Å². The number of fused-ring (bicyclic) bond motifs is 10. The number of nitrogens with zero attached hydrogens (tertiary/aromatic N) is 3. The van der Waals surface area contributed by atoms with Crippen molar-refractivity contribution in [3.8, 4) is 33.9 Å². The molecule has 0 fully saturated rings. The van der Waals surface area contributed by atoms with Crippen molar-refractivity contribution in [3.63, 3.8) is 0 Å². The largest absolute Gasteiger partial charge is 0.309 e. The van der Waals surface area contributed by atoms with Crippen LogP contribution in [0.1, 0.15) is 0 Å². The third-order valence-corrected chi connectivity index (χ3v) is 10.7. The van der Waals surface area contributed by atoms with E-state index in [1.54, 1.807) is 0 Å². The molecule has 2 aromatic heterocycles. The van der Waals surface area contributed by atoms with E-state index in [1.165, 1.54) is 65.3 Å². The minimum Gasteiger partial charge on any atom is -0.309 e. The van der Waals surface area contributed by atoms with E-state index in [9.17, 15) is 0 Å². The van der Waals surface area contributed by atoms with Crippen LogP contribution < -0.4 is 0 Å². The molecular formula is C49H31N3. The van der Waals surface area contributed by atoms with Crippen molar-refractivity contribution in [2.45, 2.75) is 0 Å². The number of hydrogen-bond donors (Lipinski definition) is 0. The maximum absolute atomic E-state index is 5.31. The lowest BCUT2D eigenvalue weighted by Gasteiger charge is -2.17. The van der Waals surface area contributed by atoms with Gasteiger partial charge in [0, 0.05) is 33.1 Å². The fraction of sp³-hybridized carbons (Fsp3) is 0. The smallest absolute Gasteiger partial charge is 0.146 e. The number of hydrogen-bond acceptors (Lipinski definition) is 1. The summed E-state index contributed by atoms with van der Waals surface area (Å²) in [7, 11) is 0. The van der Waals surface area contributed by atoms with Crippen LogP contribution in [0, 0.1) is 0 Å². The highest BCUT2D eigenvalue weighted by Gasteiger charge is 2.20. The van der Waals surface area contributed by atoms with E-state index in [4.69, 9.17) is 4.98 Å². The Bertz CT molecular complexity index is 3170. The highest BCUT2D eigenvalue weighted by atomic mass is 15.1. The summed E-state index contributed by atoms with van der Waals surface area (Å²) in [6, 6.07) is 67.9. The molecule has 3 heteroatoms. The van der Waals surface area contributed by atoms with E-state index in [-0.39, 0.29) is 0 Å². The first-order valence-corrected chi connectivity index (χ1v) is 17.8. The van der Waals surface area contributed by atoms with Crippen LogP contribution in [-0.2, 0) is 0 Å². The van der Waals surface area contributed by atoms with Gasteiger partial charge in [-0.05, 0) is 92.7 Å². The fourth-order valence-electron chi connectivity index (χ4n) is 8.42. The average Bonchev–Trinajstić information content (AvgIpc) is 3.77. The van der Waals surface area contributed by atoms with Gasteiger partial charge in [0.25, 0.3) is 0 Å². The highest BCUT2D eigenvalue weighted by Crippen LogP contribution is 2.43. The Balaban J connectivity index is 1.21. The zero-order valence-corrected chi connectivity index (χ0v) is 28.2. The first kappa shape index (κ1) is 28.8. The molecule has 0 aliphatic heterocycles. The van der Waals surface area contributed by atoms with E-state index in [0.29, 0.717) is 0 Å². The van der Waals surface area contributed by atoms with Crippen LogP contribution in [-0.4, -0.2) is 14.1 Å². The lowest BCUT2D eigenvalue weighted by molar-refractivity contribution is 1.11. The van der Waals surface area contributed by atoms with Crippen LogP contribution in [0.5, 0.6) is 0 Å². The molecule has 0 aliphatic rings. The van der Waals surface area contributed by atoms with Gasteiger partial charge in [-0.2, -0.15) is 0 Å². The van der Waals surface area contributed by atoms with Crippen molar-refractivity contribution in [2.75, 3.05) is 0 Å². The number of imidazole rings is 1. The molecule has 0 radical (unpaired) electrons. The zero-order chi connectivity index (χ0) is 34.2. The topological polar surface area (TPSA) is 22.8 Å². The molecular weight excluding hydrogens is 631 g/mol. The summed E-state index contributed by atoms with van der Waals surface area (Å²) in [5, 5.41) is 9.86. The van der Waals surface area contributed by atoms with Crippen molar-refractivity contribution >= 4 is 65.2 Å². The predicted molar refractivity (Wildman–Crippen MR) is 219 cm³/mol. The molecule has 2 heterocycles. The Morgan fingerprint density at radius 3 is 1.79 bits per heavy atom. The molecule has 0 bridgehead atoms. The molecule has 0 spiro atoms. The van der Waals surface area contributed by atoms with Gasteiger partial charge in [0.2, 0.25) is 0 Å². The lowest BCUT2D eigenvalue weighted by Crippen LogP contribution is -1.99. The van der Waals surface area contributed by atoms with Crippen LogP contribution in [0.25, 0.3) is 99.0 Å². The van der Waals surface area contributed by atoms with Gasteiger partial charge in [-0.1, -0.05) is 133 Å². The second-order valence-electron chi connectivity index (χ2n) is 13.5. The molecule has 0 unspecified atom stereocenters. The molecule has 0 atom stereocenters. The summed E-state index contributed by atoms with van der Waals surface area (Å²) in [5.74, 6) is 0.940. The van der Waals surface area contributed by atoms with E-state index in [1.807, 2.05) is 0 Å². The lowest BCUT2D eigenvalue weighted by atomic mass is 9.91. The quantitative estimate of drug-likeness (QED) is 0.172. The number of benzene rings is 9. The standard InChI is InChI=1S/C49H31N3/c1-3-14-32(15-4-1)33-26-29-46-43(30-33)38-20-9-11-24-45(38)51(46)35-27-28-40-42(31-35)37-19-8-7-18-36(37)39-21-13-22-41(48(39)40)49-50-44-23-10-12-25-47(44)52(49)34-16-5-2-6-17-34/h1-31H. The third-order valence-electron chi connectivity index (χ3n) is 10.7. The van der Waals surface area contributed by atoms with Gasteiger partial charge >= 0.3 is 0 Å². The molecule has 0 saturated carbocycles. The van der Waals surface area contributed by atoms with Crippen molar-refractivity contribution in [1.29, 1.82) is 0 Å². The van der Waals surface area contributed by atoms with Gasteiger partial charge in [0.05, 0.1) is 22.1 Å². The maximum Gasteiger partial charge on any atom is 0.146 e. The minimum absolute atomic E-state index is 0.940. The Morgan fingerprint density at radius 1 is 0.327 bits per heavy atom. The molecule has 11 aromatic rings. The van der Waals surface area contributed by atoms with Gasteiger partial charge in [-0.3, -0.25) is 4.57 Å². The Labute approximate surface area is 300 Å². The Hall–Kier alpha value is -6.97. The third kappa shape index (κ3) is 4.23. The van der Waals surface area contributed by atoms with Crippen molar-refractivity contribution < 1.29 is 0 Å². The normalized spacial score (nSPS) is 11.8. The maximum atomic E-state index is 5.31. The van der Waals surface area contributed by atoms with Gasteiger partial charge in [0.1, 0.15) is 5.82 Å². The molecule has 0 N–H and O–H groups in total. The van der Waals surface area contributed by atoms with Crippen LogP contribution in [0.15, 0.2) is 188 Å². The highest BCUT2D eigenvalue weighted by molar-refractivity contribution is 6.28. The molecule has 11 rings (SSSR count). The molecule has 0 saturated heterocycles. The van der Waals surface area contributed by atoms with Crippen LogP contribution >= 0.6 is 0 Å². The molecule has 242 valence electrons. The molecule has 52 heavy (non-hydrogen) atoms. The summed E-state index contributed by atoms with van der Waals surface area (Å²) >= 11 is 0. The fourth-order valence-corrected chi connectivity index (χ4v) is 8.42. The van der Waals surface area contributed by atoms with E-state index >= 15 is 0 Å². The van der Waals surface area contributed by atoms with Crippen molar-refractivity contribution in [2.24, 2.45) is 0 Å². The first-order chi connectivity index (χ1) is 25.8. The summed E-state index contributed by atoms with van der Waals surface area (Å²) in [6.45, 7) is 0. The van der Waals surface area contributed by atoms with E-state index in [2.05, 4.69) is 197 Å². The molecule has 0 amide bonds. The van der Waals surface area contributed by atoms with E-state index in [0.717, 1.165) is 33.8 Å². The first-order valence-electron chi connectivity index (χ1n) is 17.8. The molecule has 3 nitrogen and oxygen atoms in total. The number of rotatable bonds is 4. The Kier molecular flexibility index (Phi) is 6.25. The van der Waals surface area contributed by atoms with Gasteiger partial charge in [-0.15, -0.1) is 0 Å². The second kappa shape index (κ2) is 11.3. The average molecular weight is 662 g/mol. The van der Waals surface area contributed by atoms with Crippen molar-refractivity contribution in [3.05, 3.63) is 188 Å². The van der Waals surface area contributed by atoms with E-state index < -0.39 is 0 Å². The summed E-state index contributed by atoms with van der Waals surface area (Å²) in [4.78, 5) is 5.31. The van der Waals surface area contributed by atoms with Crippen LogP contribution in [0.2, 0.25) is 0 Å². The predicted octanol–water partition coefficient (Wildman–Crippen LogP) is 12.9. The SMILES string of the molecule is c1ccc(-c2ccc3c(c2)c2ccccc2n3-c2ccc3c(c2)c2ccccc2c2cccc(-c4nc5ccccc5n4-c4ccccc4)c23)cc1. The number of para-hydroxylation sites is 4. The Morgan fingerprint density at radius 2 is 0.962 bits per heavy atom. The zero-order valence-electron chi connectivity index (χ0n) is 28.2. The summed E-state index contributed by atoms with van der Waals surface area (Å²) in [6.07, 6.45) is 0. The van der Waals surface area contributed by atoms with Gasteiger partial charge in [0.15, 0.2) is 0 Å². The molecule has 0 aliphatic carbocycles. The summed E-state index contributed by atoms with van der Waals surface area (Å²) in [5.41, 5.74) is 10.3. The minimum atomic E-state index is 0.940. The molecule has 9 aromatic carbocycles. The van der Waals surface area contributed by atoms with Crippen molar-refractivity contribution in [1.82, 2.24) is 14.1 Å². The summed E-state index contributed by atoms with van der Waals surface area (Å²) < 4.78 is 4.74. The van der Waals surface area contributed by atoms with Gasteiger partial charge in [-0.25, -0.2) is 4.98 Å². The monoisotopic (exact) mass is 661 g/mol. The number of aromatic nitrogens is 3.